The van der Waals surface area contributed by atoms with Gasteiger partial charge < -0.3 is 9.64 Å². The Labute approximate surface area is 180 Å². The van der Waals surface area contributed by atoms with Crippen molar-refractivity contribution in [3.05, 3.63) is 53.3 Å². The highest BCUT2D eigenvalue weighted by molar-refractivity contribution is 5.95. The fraction of sp³-hybridized carbons (Fsp3) is 0.333. The van der Waals surface area contributed by atoms with Gasteiger partial charge in [0.25, 0.3) is 5.91 Å². The molecule has 7 heteroatoms. The van der Waals surface area contributed by atoms with Gasteiger partial charge in [0.05, 0.1) is 24.0 Å². The maximum Gasteiger partial charge on any atom is 0.253 e. The van der Waals surface area contributed by atoms with E-state index in [1.165, 1.54) is 6.42 Å². The van der Waals surface area contributed by atoms with Gasteiger partial charge in [-0.15, -0.1) is 0 Å². The van der Waals surface area contributed by atoms with Crippen LogP contribution in [0, 0.1) is 13.8 Å². The molecule has 1 saturated heterocycles. The third kappa shape index (κ3) is 3.30. The smallest absolute Gasteiger partial charge is 0.253 e. The number of pyridine rings is 1. The molecule has 31 heavy (non-hydrogen) atoms. The van der Waals surface area contributed by atoms with Gasteiger partial charge in [-0.25, -0.2) is 9.97 Å². The van der Waals surface area contributed by atoms with E-state index in [4.69, 9.17) is 14.7 Å². The van der Waals surface area contributed by atoms with Crippen molar-refractivity contribution in [3.63, 3.8) is 0 Å². The predicted octanol–water partition coefficient (Wildman–Crippen LogP) is 4.20. The number of ether oxygens (including phenoxy) is 1. The van der Waals surface area contributed by atoms with E-state index in [9.17, 15) is 4.79 Å². The zero-order chi connectivity index (χ0) is 21.5. The second-order valence-corrected chi connectivity index (χ2v) is 8.03. The number of likely N-dealkylation sites (tertiary alicyclic amines) is 1. The number of fused-ring (bicyclic) bond motifs is 3. The van der Waals surface area contributed by atoms with Crippen LogP contribution >= 0.6 is 0 Å². The standard InChI is InChI=1S/C24H25N5O2/c1-15-21-16(2)26-22(29(21)23-19(25-15)10-11-20(27-23)31-3)17-8-7-9-18(14-17)24(30)28-12-5-4-6-13-28/h7-11,14H,4-6,12-13H2,1-3H3. The maximum atomic E-state index is 13.1. The van der Waals surface area contributed by atoms with Crippen LogP contribution in [0.25, 0.3) is 28.1 Å². The number of amides is 1. The molecular weight excluding hydrogens is 390 g/mol. The molecule has 4 heterocycles. The fourth-order valence-corrected chi connectivity index (χ4v) is 4.45. The molecule has 1 aliphatic rings. The third-order valence-corrected chi connectivity index (χ3v) is 5.94. The molecule has 1 amide bonds. The van der Waals surface area contributed by atoms with Gasteiger partial charge in [-0.1, -0.05) is 12.1 Å². The fourth-order valence-electron chi connectivity index (χ4n) is 4.45. The number of carbonyl (C=O) groups excluding carboxylic acids is 1. The van der Waals surface area contributed by atoms with Crippen LogP contribution < -0.4 is 4.74 Å². The van der Waals surface area contributed by atoms with Gasteiger partial charge in [-0.3, -0.25) is 9.20 Å². The van der Waals surface area contributed by atoms with E-state index >= 15 is 0 Å². The van der Waals surface area contributed by atoms with Crippen molar-refractivity contribution in [2.24, 2.45) is 0 Å². The highest BCUT2D eigenvalue weighted by Gasteiger charge is 2.21. The minimum Gasteiger partial charge on any atom is -0.481 e. The average Bonchev–Trinajstić information content (AvgIpc) is 3.17. The quantitative estimate of drug-likeness (QED) is 0.502. The van der Waals surface area contributed by atoms with E-state index in [0.29, 0.717) is 17.1 Å². The molecule has 1 aromatic carbocycles. The Morgan fingerprint density at radius 1 is 0.968 bits per heavy atom. The van der Waals surface area contributed by atoms with Crippen LogP contribution in [0.15, 0.2) is 36.4 Å². The first-order valence-corrected chi connectivity index (χ1v) is 10.7. The van der Waals surface area contributed by atoms with Crippen LogP contribution in [0.4, 0.5) is 0 Å². The Kier molecular flexibility index (Phi) is 4.81. The summed E-state index contributed by atoms with van der Waals surface area (Å²) in [6, 6.07) is 11.4. The van der Waals surface area contributed by atoms with Crippen LogP contribution in [0.3, 0.4) is 0 Å². The SMILES string of the molecule is COc1ccc2nc(C)c3c(C)nc(-c4cccc(C(=O)N5CCCCC5)c4)n3c2n1. The van der Waals surface area contributed by atoms with Crippen LogP contribution in [0.2, 0.25) is 0 Å². The number of aryl methyl sites for hydroxylation is 2. The summed E-state index contributed by atoms with van der Waals surface area (Å²) in [5, 5.41) is 0. The lowest BCUT2D eigenvalue weighted by atomic mass is 10.1. The van der Waals surface area contributed by atoms with Gasteiger partial charge in [0.1, 0.15) is 11.3 Å². The molecule has 0 bridgehead atoms. The van der Waals surface area contributed by atoms with Crippen molar-refractivity contribution < 1.29 is 9.53 Å². The summed E-state index contributed by atoms with van der Waals surface area (Å²) in [7, 11) is 1.60. The van der Waals surface area contributed by atoms with E-state index in [0.717, 1.165) is 59.7 Å². The topological polar surface area (TPSA) is 72.6 Å². The number of hydrogen-bond acceptors (Lipinski definition) is 5. The zero-order valence-electron chi connectivity index (χ0n) is 18.1. The first-order valence-electron chi connectivity index (χ1n) is 10.7. The van der Waals surface area contributed by atoms with E-state index in [1.807, 2.05) is 59.5 Å². The number of piperidine rings is 1. The summed E-state index contributed by atoms with van der Waals surface area (Å²) in [4.78, 5) is 29.2. The Morgan fingerprint density at radius 3 is 2.52 bits per heavy atom. The number of hydrogen-bond donors (Lipinski definition) is 0. The average molecular weight is 415 g/mol. The summed E-state index contributed by atoms with van der Waals surface area (Å²) in [6.07, 6.45) is 3.34. The molecule has 1 aliphatic heterocycles. The van der Waals surface area contributed by atoms with E-state index < -0.39 is 0 Å². The number of rotatable bonds is 3. The second kappa shape index (κ2) is 7.65. The molecular formula is C24H25N5O2. The highest BCUT2D eigenvalue weighted by atomic mass is 16.5. The second-order valence-electron chi connectivity index (χ2n) is 8.03. The van der Waals surface area contributed by atoms with Crippen LogP contribution in [0.5, 0.6) is 5.88 Å². The van der Waals surface area contributed by atoms with Crippen molar-refractivity contribution >= 4 is 22.6 Å². The summed E-state index contributed by atoms with van der Waals surface area (Å²) < 4.78 is 7.38. The molecule has 0 spiro atoms. The molecule has 0 radical (unpaired) electrons. The first kappa shape index (κ1) is 19.5. The summed E-state index contributed by atoms with van der Waals surface area (Å²) >= 11 is 0. The lowest BCUT2D eigenvalue weighted by Gasteiger charge is -2.26. The lowest BCUT2D eigenvalue weighted by molar-refractivity contribution is 0.0724. The minimum atomic E-state index is 0.0848. The molecule has 0 aliphatic carbocycles. The lowest BCUT2D eigenvalue weighted by Crippen LogP contribution is -2.35. The van der Waals surface area contributed by atoms with Gasteiger partial charge >= 0.3 is 0 Å². The van der Waals surface area contributed by atoms with Crippen molar-refractivity contribution in [3.8, 4) is 17.3 Å². The molecule has 7 nitrogen and oxygen atoms in total. The Balaban J connectivity index is 1.69. The monoisotopic (exact) mass is 415 g/mol. The number of imidazole rings is 1. The summed E-state index contributed by atoms with van der Waals surface area (Å²) in [5.74, 6) is 1.35. The van der Waals surface area contributed by atoms with Crippen LogP contribution in [-0.4, -0.2) is 50.4 Å². The Hall–Kier alpha value is -3.48. The van der Waals surface area contributed by atoms with Crippen molar-refractivity contribution in [1.82, 2.24) is 24.3 Å². The first-order chi connectivity index (χ1) is 15.1. The maximum absolute atomic E-state index is 13.1. The molecule has 4 aromatic rings. The molecule has 3 aromatic heterocycles. The minimum absolute atomic E-state index is 0.0848. The van der Waals surface area contributed by atoms with E-state index in [2.05, 4.69) is 4.98 Å². The zero-order valence-corrected chi connectivity index (χ0v) is 18.1. The van der Waals surface area contributed by atoms with Crippen molar-refractivity contribution in [1.29, 1.82) is 0 Å². The summed E-state index contributed by atoms with van der Waals surface area (Å²) in [5.41, 5.74) is 5.71. The molecule has 0 N–H and O–H groups in total. The van der Waals surface area contributed by atoms with Gasteiger partial charge in [0.15, 0.2) is 5.65 Å². The Bertz CT molecular complexity index is 1300. The third-order valence-electron chi connectivity index (χ3n) is 5.94. The number of benzene rings is 1. The van der Waals surface area contributed by atoms with Gasteiger partial charge in [0, 0.05) is 30.3 Å². The van der Waals surface area contributed by atoms with E-state index in [-0.39, 0.29) is 5.91 Å². The van der Waals surface area contributed by atoms with Gasteiger partial charge in [-0.05, 0) is 51.3 Å². The molecule has 0 atom stereocenters. The van der Waals surface area contributed by atoms with Gasteiger partial charge in [0.2, 0.25) is 5.88 Å². The molecule has 0 unspecified atom stereocenters. The molecule has 0 saturated carbocycles. The van der Waals surface area contributed by atoms with E-state index in [1.54, 1.807) is 7.11 Å². The normalized spacial score (nSPS) is 14.4. The van der Waals surface area contributed by atoms with Crippen molar-refractivity contribution in [2.45, 2.75) is 33.1 Å². The highest BCUT2D eigenvalue weighted by Crippen LogP contribution is 2.29. The van der Waals surface area contributed by atoms with Crippen LogP contribution in [-0.2, 0) is 0 Å². The van der Waals surface area contributed by atoms with Crippen LogP contribution in [0.1, 0.15) is 41.0 Å². The largest absolute Gasteiger partial charge is 0.481 e. The molecule has 5 rings (SSSR count). The Morgan fingerprint density at radius 2 is 1.74 bits per heavy atom. The number of aromatic nitrogens is 4. The predicted molar refractivity (Wildman–Crippen MR) is 120 cm³/mol. The van der Waals surface area contributed by atoms with Crippen molar-refractivity contribution in [2.75, 3.05) is 20.2 Å². The molecule has 1 fully saturated rings. The number of nitrogens with zero attached hydrogens (tertiary/aromatic N) is 5. The summed E-state index contributed by atoms with van der Waals surface area (Å²) in [6.45, 7) is 5.61. The number of carbonyl (C=O) groups is 1. The molecule has 158 valence electrons. The van der Waals surface area contributed by atoms with Gasteiger partial charge in [-0.2, -0.15) is 4.98 Å². The number of methoxy groups -OCH3 is 1.